The van der Waals surface area contributed by atoms with Crippen molar-refractivity contribution in [3.63, 3.8) is 0 Å². The molecule has 0 amide bonds. The predicted octanol–water partition coefficient (Wildman–Crippen LogP) is 3.44. The fourth-order valence-electron chi connectivity index (χ4n) is 1.42. The molecular formula is C11H6ClF4N3O. The third-order valence-corrected chi connectivity index (χ3v) is 2.59. The average Bonchev–Trinajstić information content (AvgIpc) is 2.41. The number of nitrogens with one attached hydrogen (secondary N) is 1. The minimum Gasteiger partial charge on any atom is -0.490 e. The first-order valence-electron chi connectivity index (χ1n) is 5.10. The number of rotatable bonds is 3. The maximum Gasteiger partial charge on any atom is 0.199 e. The summed E-state index contributed by atoms with van der Waals surface area (Å²) >= 11 is 5.69. The molecule has 0 aliphatic rings. The second-order valence-electron chi connectivity index (χ2n) is 3.51. The lowest BCUT2D eigenvalue weighted by molar-refractivity contribution is 0.413. The molecule has 0 bridgehead atoms. The van der Waals surface area contributed by atoms with Crippen LogP contribution in [-0.2, 0) is 0 Å². The Morgan fingerprint density at radius 3 is 2.25 bits per heavy atom. The molecule has 2 aromatic rings. The maximum atomic E-state index is 13.5. The van der Waals surface area contributed by atoms with Crippen molar-refractivity contribution in [1.29, 1.82) is 0 Å². The normalized spacial score (nSPS) is 10.5. The molecule has 2 rings (SSSR count). The van der Waals surface area contributed by atoms with Crippen molar-refractivity contribution in [3.8, 4) is 5.75 Å². The second-order valence-corrected chi connectivity index (χ2v) is 3.87. The SMILES string of the molecule is COc1c(Cl)ncnc1Nc1c(F)c(F)cc(F)c1F. The Labute approximate surface area is 115 Å². The standard InChI is InChI=1S/C11H6ClF4N3O/c1-20-9-10(12)17-3-18-11(9)19-8-6(15)4(13)2-5(14)7(8)16/h2-3H,1H3,(H,17,18,19). The fourth-order valence-corrected chi connectivity index (χ4v) is 1.63. The van der Waals surface area contributed by atoms with Gasteiger partial charge in [0.05, 0.1) is 7.11 Å². The maximum absolute atomic E-state index is 13.5. The number of hydrogen-bond donors (Lipinski definition) is 1. The van der Waals surface area contributed by atoms with Crippen LogP contribution in [0.4, 0.5) is 29.1 Å². The van der Waals surface area contributed by atoms with Gasteiger partial charge in [-0.2, -0.15) is 0 Å². The van der Waals surface area contributed by atoms with Gasteiger partial charge in [-0.25, -0.2) is 27.5 Å². The van der Waals surface area contributed by atoms with Crippen molar-refractivity contribution in [2.45, 2.75) is 0 Å². The molecule has 106 valence electrons. The van der Waals surface area contributed by atoms with E-state index in [0.717, 1.165) is 6.33 Å². The monoisotopic (exact) mass is 307 g/mol. The third kappa shape index (κ3) is 2.46. The van der Waals surface area contributed by atoms with Crippen molar-refractivity contribution in [3.05, 3.63) is 40.8 Å². The summed E-state index contributed by atoms with van der Waals surface area (Å²) in [5.74, 6) is -6.66. The molecule has 0 aliphatic carbocycles. The van der Waals surface area contributed by atoms with Crippen LogP contribution in [0.1, 0.15) is 0 Å². The zero-order valence-electron chi connectivity index (χ0n) is 9.85. The molecule has 0 fully saturated rings. The average molecular weight is 308 g/mol. The van der Waals surface area contributed by atoms with E-state index in [4.69, 9.17) is 16.3 Å². The predicted molar refractivity (Wildman–Crippen MR) is 63.2 cm³/mol. The molecule has 1 aromatic heterocycles. The molecule has 1 N–H and O–H groups in total. The zero-order chi connectivity index (χ0) is 14.9. The molecule has 0 saturated carbocycles. The van der Waals surface area contributed by atoms with Crippen molar-refractivity contribution in [2.75, 3.05) is 12.4 Å². The van der Waals surface area contributed by atoms with Gasteiger partial charge >= 0.3 is 0 Å². The Morgan fingerprint density at radius 2 is 1.70 bits per heavy atom. The first kappa shape index (κ1) is 14.3. The van der Waals surface area contributed by atoms with Gasteiger partial charge in [-0.3, -0.25) is 0 Å². The summed E-state index contributed by atoms with van der Waals surface area (Å²) in [6, 6.07) is 0.0973. The summed E-state index contributed by atoms with van der Waals surface area (Å²) in [5.41, 5.74) is -1.05. The largest absolute Gasteiger partial charge is 0.490 e. The van der Waals surface area contributed by atoms with Crippen LogP contribution in [0.5, 0.6) is 5.75 Å². The Hall–Kier alpha value is -2.09. The molecule has 0 radical (unpaired) electrons. The number of ether oxygens (including phenoxy) is 1. The Morgan fingerprint density at radius 1 is 1.10 bits per heavy atom. The van der Waals surface area contributed by atoms with Gasteiger partial charge in [0.2, 0.25) is 0 Å². The van der Waals surface area contributed by atoms with E-state index in [2.05, 4.69) is 15.3 Å². The lowest BCUT2D eigenvalue weighted by Gasteiger charge is -2.12. The molecular weight excluding hydrogens is 302 g/mol. The summed E-state index contributed by atoms with van der Waals surface area (Å²) in [7, 11) is 1.22. The van der Waals surface area contributed by atoms with Gasteiger partial charge in [0.25, 0.3) is 0 Å². The smallest absolute Gasteiger partial charge is 0.199 e. The minimum atomic E-state index is -1.60. The number of anilines is 2. The second kappa shape index (κ2) is 5.49. The molecule has 0 atom stereocenters. The molecule has 1 heterocycles. The van der Waals surface area contributed by atoms with Gasteiger partial charge in [0.1, 0.15) is 12.0 Å². The highest BCUT2D eigenvalue weighted by atomic mass is 35.5. The van der Waals surface area contributed by atoms with Crippen LogP contribution < -0.4 is 10.1 Å². The van der Waals surface area contributed by atoms with Gasteiger partial charge in [-0.15, -0.1) is 0 Å². The van der Waals surface area contributed by atoms with E-state index in [9.17, 15) is 17.6 Å². The van der Waals surface area contributed by atoms with E-state index in [1.165, 1.54) is 7.11 Å². The number of hydrogen-bond acceptors (Lipinski definition) is 4. The molecule has 1 aromatic carbocycles. The number of halogens is 5. The first-order valence-corrected chi connectivity index (χ1v) is 5.48. The van der Waals surface area contributed by atoms with Crippen LogP contribution in [0, 0.1) is 23.3 Å². The summed E-state index contributed by atoms with van der Waals surface area (Å²) in [5, 5.41) is 1.96. The molecule has 20 heavy (non-hydrogen) atoms. The van der Waals surface area contributed by atoms with E-state index in [1.807, 2.05) is 0 Å². The fraction of sp³-hybridized carbons (Fsp3) is 0.0909. The Balaban J connectivity index is 2.53. The first-order chi connectivity index (χ1) is 9.45. The van der Waals surface area contributed by atoms with E-state index in [-0.39, 0.29) is 22.8 Å². The molecule has 0 saturated heterocycles. The van der Waals surface area contributed by atoms with Gasteiger partial charge in [0.15, 0.2) is 40.0 Å². The van der Waals surface area contributed by atoms with E-state index in [0.29, 0.717) is 0 Å². The van der Waals surface area contributed by atoms with Crippen LogP contribution >= 0.6 is 11.6 Å². The Kier molecular flexibility index (Phi) is 3.93. The molecule has 0 aliphatic heterocycles. The quantitative estimate of drug-likeness (QED) is 0.536. The molecule has 4 nitrogen and oxygen atoms in total. The van der Waals surface area contributed by atoms with Crippen molar-refractivity contribution >= 4 is 23.1 Å². The topological polar surface area (TPSA) is 47.0 Å². The van der Waals surface area contributed by atoms with Gasteiger partial charge in [-0.1, -0.05) is 11.6 Å². The summed E-state index contributed by atoms with van der Waals surface area (Å²) in [4.78, 5) is 7.22. The number of methoxy groups -OCH3 is 1. The van der Waals surface area contributed by atoms with Crippen molar-refractivity contribution in [2.24, 2.45) is 0 Å². The van der Waals surface area contributed by atoms with E-state index >= 15 is 0 Å². The highest BCUT2D eigenvalue weighted by Gasteiger charge is 2.21. The summed E-state index contributed by atoms with van der Waals surface area (Å²) < 4.78 is 58.0. The third-order valence-electron chi connectivity index (χ3n) is 2.32. The lowest BCUT2D eigenvalue weighted by Crippen LogP contribution is -2.06. The van der Waals surface area contributed by atoms with Crippen LogP contribution in [0.3, 0.4) is 0 Å². The number of benzene rings is 1. The summed E-state index contributed by atoms with van der Waals surface area (Å²) in [6.45, 7) is 0. The minimum absolute atomic E-state index is 0.0973. The highest BCUT2D eigenvalue weighted by Crippen LogP contribution is 2.33. The van der Waals surface area contributed by atoms with Gasteiger partial charge in [-0.05, 0) is 0 Å². The number of aromatic nitrogens is 2. The van der Waals surface area contributed by atoms with Gasteiger partial charge in [0, 0.05) is 6.07 Å². The van der Waals surface area contributed by atoms with Crippen LogP contribution in [-0.4, -0.2) is 17.1 Å². The van der Waals surface area contributed by atoms with Crippen LogP contribution in [0.2, 0.25) is 5.15 Å². The summed E-state index contributed by atoms with van der Waals surface area (Å²) in [6.07, 6.45) is 0.985. The van der Waals surface area contributed by atoms with Crippen LogP contribution in [0.25, 0.3) is 0 Å². The molecule has 0 spiro atoms. The Bertz CT molecular complexity index is 642. The van der Waals surface area contributed by atoms with Crippen LogP contribution in [0.15, 0.2) is 12.4 Å². The lowest BCUT2D eigenvalue weighted by atomic mass is 10.2. The van der Waals surface area contributed by atoms with E-state index < -0.39 is 29.0 Å². The molecule has 9 heteroatoms. The number of nitrogens with zero attached hydrogens (tertiary/aromatic N) is 2. The van der Waals surface area contributed by atoms with Crippen molar-refractivity contribution < 1.29 is 22.3 Å². The highest BCUT2D eigenvalue weighted by molar-refractivity contribution is 6.31. The van der Waals surface area contributed by atoms with Crippen molar-refractivity contribution in [1.82, 2.24) is 9.97 Å². The molecule has 0 unspecified atom stereocenters. The van der Waals surface area contributed by atoms with Gasteiger partial charge < -0.3 is 10.1 Å². The van der Waals surface area contributed by atoms with E-state index in [1.54, 1.807) is 0 Å². The zero-order valence-corrected chi connectivity index (χ0v) is 10.6.